The summed E-state index contributed by atoms with van der Waals surface area (Å²) in [7, 11) is 0. The van der Waals surface area contributed by atoms with Crippen LogP contribution in [0.1, 0.15) is 72.1 Å². The fourth-order valence-electron chi connectivity index (χ4n) is 2.05. The molecule has 0 atom stereocenters. The molecule has 0 saturated carbocycles. The van der Waals surface area contributed by atoms with E-state index in [1.807, 2.05) is 0 Å². The Morgan fingerprint density at radius 1 is 0.706 bits per heavy atom. The van der Waals surface area contributed by atoms with Crippen LogP contribution in [0.4, 0.5) is 0 Å². The lowest BCUT2D eigenvalue weighted by atomic mass is 10.1. The van der Waals surface area contributed by atoms with Gasteiger partial charge in [0.1, 0.15) is 0 Å². The number of hydrogen-bond donors (Lipinski definition) is 0. The molecule has 0 aliphatic rings. The van der Waals surface area contributed by atoms with Gasteiger partial charge in [-0.15, -0.1) is 0 Å². The van der Waals surface area contributed by atoms with Crippen LogP contribution in [-0.4, -0.2) is 24.5 Å². The Kier molecular flexibility index (Phi) is 13.5. The minimum atomic E-state index is 1.21. The fraction of sp³-hybridized carbons (Fsp3) is 0.875. The molecule has 0 aromatic rings. The van der Waals surface area contributed by atoms with Gasteiger partial charge in [-0.1, -0.05) is 58.6 Å². The lowest BCUT2D eigenvalue weighted by molar-refractivity contribution is 0.295. The molecule has 0 rings (SSSR count). The average Bonchev–Trinajstić information content (AvgIpc) is 2.36. The molecule has 1 nitrogen and oxygen atoms in total. The van der Waals surface area contributed by atoms with Crippen LogP contribution in [0.25, 0.3) is 0 Å². The number of allylic oxidation sites excluding steroid dienone is 2. The molecule has 0 aromatic heterocycles. The number of rotatable bonds is 12. The van der Waals surface area contributed by atoms with Crippen molar-refractivity contribution in [1.29, 1.82) is 0 Å². The third kappa shape index (κ3) is 12.0. The van der Waals surface area contributed by atoms with Crippen LogP contribution in [-0.2, 0) is 0 Å². The van der Waals surface area contributed by atoms with Gasteiger partial charge < -0.3 is 4.90 Å². The van der Waals surface area contributed by atoms with Gasteiger partial charge in [0.25, 0.3) is 0 Å². The smallest absolute Gasteiger partial charge is 0.00190 e. The molecule has 17 heavy (non-hydrogen) atoms. The van der Waals surface area contributed by atoms with Crippen molar-refractivity contribution in [2.75, 3.05) is 19.6 Å². The van der Waals surface area contributed by atoms with Crippen LogP contribution in [0.15, 0.2) is 12.2 Å². The van der Waals surface area contributed by atoms with E-state index in [0.717, 1.165) is 0 Å². The molecule has 1 heteroatoms. The van der Waals surface area contributed by atoms with Gasteiger partial charge in [-0.2, -0.15) is 0 Å². The third-order valence-corrected chi connectivity index (χ3v) is 3.38. The van der Waals surface area contributed by atoms with Crippen LogP contribution in [0.2, 0.25) is 0 Å². The average molecular weight is 239 g/mol. The van der Waals surface area contributed by atoms with E-state index in [-0.39, 0.29) is 0 Å². The zero-order chi connectivity index (χ0) is 12.8. The number of hydrogen-bond acceptors (Lipinski definition) is 1. The van der Waals surface area contributed by atoms with E-state index in [1.165, 1.54) is 71.0 Å². The van der Waals surface area contributed by atoms with E-state index in [4.69, 9.17) is 0 Å². The first-order chi connectivity index (χ1) is 8.35. The Balaban J connectivity index is 3.15. The second-order valence-corrected chi connectivity index (χ2v) is 4.84. The molecule has 0 aliphatic heterocycles. The van der Waals surface area contributed by atoms with E-state index in [0.29, 0.717) is 0 Å². The summed E-state index contributed by atoms with van der Waals surface area (Å²) in [6.07, 6.45) is 15.5. The predicted molar refractivity (Wildman–Crippen MR) is 79.5 cm³/mol. The monoisotopic (exact) mass is 239 g/mol. The summed E-state index contributed by atoms with van der Waals surface area (Å²) in [4.78, 5) is 2.52. The Bertz CT molecular complexity index is 159. The van der Waals surface area contributed by atoms with E-state index >= 15 is 0 Å². The van der Waals surface area contributed by atoms with E-state index in [1.54, 1.807) is 0 Å². The van der Waals surface area contributed by atoms with Gasteiger partial charge in [-0.25, -0.2) is 0 Å². The van der Waals surface area contributed by atoms with Crippen molar-refractivity contribution in [2.45, 2.75) is 72.1 Å². The maximum absolute atomic E-state index is 2.52. The number of unbranched alkanes of at least 4 members (excludes halogenated alkanes) is 6. The minimum Gasteiger partial charge on any atom is -0.304 e. The molecule has 0 unspecified atom stereocenters. The highest BCUT2D eigenvalue weighted by molar-refractivity contribution is 4.81. The summed E-state index contributed by atoms with van der Waals surface area (Å²) in [6.45, 7) is 10.5. The zero-order valence-electron chi connectivity index (χ0n) is 12.4. The van der Waals surface area contributed by atoms with Gasteiger partial charge in [0.05, 0.1) is 0 Å². The van der Waals surface area contributed by atoms with Crippen molar-refractivity contribution in [1.82, 2.24) is 4.90 Å². The molecule has 0 bridgehead atoms. The maximum Gasteiger partial charge on any atom is -0.00190 e. The molecule has 0 heterocycles. The molecule has 0 amide bonds. The zero-order valence-corrected chi connectivity index (χ0v) is 12.4. The SMILES string of the molecule is CCCCC=CCCCCCCN(CC)CC. The summed E-state index contributed by atoms with van der Waals surface area (Å²) in [5, 5.41) is 0. The van der Waals surface area contributed by atoms with Crippen molar-refractivity contribution in [3.05, 3.63) is 12.2 Å². The van der Waals surface area contributed by atoms with Gasteiger partial charge in [-0.05, 0) is 45.3 Å². The molecular weight excluding hydrogens is 206 g/mol. The third-order valence-electron chi connectivity index (χ3n) is 3.38. The van der Waals surface area contributed by atoms with Crippen LogP contribution in [0.5, 0.6) is 0 Å². The second kappa shape index (κ2) is 13.8. The Morgan fingerprint density at radius 3 is 1.88 bits per heavy atom. The van der Waals surface area contributed by atoms with Crippen molar-refractivity contribution in [2.24, 2.45) is 0 Å². The predicted octanol–water partition coefficient (Wildman–Crippen LogP) is 5.03. The quantitative estimate of drug-likeness (QED) is 0.341. The Hall–Kier alpha value is -0.300. The van der Waals surface area contributed by atoms with Gasteiger partial charge in [-0.3, -0.25) is 0 Å². The van der Waals surface area contributed by atoms with Gasteiger partial charge in [0.15, 0.2) is 0 Å². The summed E-state index contributed by atoms with van der Waals surface area (Å²) < 4.78 is 0. The molecule has 0 fully saturated rings. The van der Waals surface area contributed by atoms with Crippen molar-refractivity contribution < 1.29 is 0 Å². The molecule has 0 aromatic carbocycles. The molecule has 0 N–H and O–H groups in total. The van der Waals surface area contributed by atoms with Crippen molar-refractivity contribution >= 4 is 0 Å². The largest absolute Gasteiger partial charge is 0.304 e. The standard InChI is InChI=1S/C16H33N/c1-4-7-8-9-10-11-12-13-14-15-16-17(5-2)6-3/h9-10H,4-8,11-16H2,1-3H3. The lowest BCUT2D eigenvalue weighted by Gasteiger charge is -2.17. The molecule has 102 valence electrons. The minimum absolute atomic E-state index is 1.21. The summed E-state index contributed by atoms with van der Waals surface area (Å²) in [5.41, 5.74) is 0. The molecule has 0 saturated heterocycles. The van der Waals surface area contributed by atoms with Crippen LogP contribution < -0.4 is 0 Å². The first-order valence-electron chi connectivity index (χ1n) is 7.72. The fourth-order valence-corrected chi connectivity index (χ4v) is 2.05. The van der Waals surface area contributed by atoms with E-state index in [2.05, 4.69) is 37.8 Å². The van der Waals surface area contributed by atoms with Crippen LogP contribution >= 0.6 is 0 Å². The highest BCUT2D eigenvalue weighted by Crippen LogP contribution is 2.05. The maximum atomic E-state index is 2.52. The Morgan fingerprint density at radius 2 is 1.29 bits per heavy atom. The lowest BCUT2D eigenvalue weighted by Crippen LogP contribution is -2.23. The Labute approximate surface area is 109 Å². The molecule has 0 aliphatic carbocycles. The van der Waals surface area contributed by atoms with E-state index in [9.17, 15) is 0 Å². The second-order valence-electron chi connectivity index (χ2n) is 4.84. The normalized spacial score (nSPS) is 11.8. The highest BCUT2D eigenvalue weighted by atomic mass is 15.1. The highest BCUT2D eigenvalue weighted by Gasteiger charge is 1.97. The molecule has 0 spiro atoms. The molecular formula is C16H33N. The molecule has 0 radical (unpaired) electrons. The first kappa shape index (κ1) is 16.7. The van der Waals surface area contributed by atoms with Crippen molar-refractivity contribution in [3.63, 3.8) is 0 Å². The van der Waals surface area contributed by atoms with Gasteiger partial charge >= 0.3 is 0 Å². The van der Waals surface area contributed by atoms with Crippen LogP contribution in [0, 0.1) is 0 Å². The summed E-state index contributed by atoms with van der Waals surface area (Å²) in [5.74, 6) is 0. The van der Waals surface area contributed by atoms with Crippen molar-refractivity contribution in [3.8, 4) is 0 Å². The summed E-state index contributed by atoms with van der Waals surface area (Å²) in [6, 6.07) is 0. The number of nitrogens with zero attached hydrogens (tertiary/aromatic N) is 1. The first-order valence-corrected chi connectivity index (χ1v) is 7.72. The van der Waals surface area contributed by atoms with Crippen LogP contribution in [0.3, 0.4) is 0 Å². The topological polar surface area (TPSA) is 3.24 Å². The van der Waals surface area contributed by atoms with Gasteiger partial charge in [0.2, 0.25) is 0 Å². The summed E-state index contributed by atoms with van der Waals surface area (Å²) >= 11 is 0. The van der Waals surface area contributed by atoms with Gasteiger partial charge in [0, 0.05) is 0 Å². The van der Waals surface area contributed by atoms with E-state index < -0.39 is 0 Å².